The number of fused-ring (bicyclic) bond motifs is 5. The highest BCUT2D eigenvalue weighted by atomic mass is 16.2. The third-order valence-electron chi connectivity index (χ3n) is 11.5. The fourth-order valence-electron chi connectivity index (χ4n) is 9.80. The molecular formula is C29H48N2O2. The smallest absolute Gasteiger partial charge is 0.223 e. The summed E-state index contributed by atoms with van der Waals surface area (Å²) in [6.07, 6.45) is 13.5. The minimum atomic E-state index is 0.143. The van der Waals surface area contributed by atoms with Crippen molar-refractivity contribution in [2.75, 3.05) is 6.54 Å². The number of piperidine rings is 1. The van der Waals surface area contributed by atoms with Crippen LogP contribution in [0.3, 0.4) is 0 Å². The van der Waals surface area contributed by atoms with Crippen LogP contribution in [-0.4, -0.2) is 30.3 Å². The average Bonchev–Trinajstić information content (AvgIpc) is 3.11. The van der Waals surface area contributed by atoms with E-state index in [4.69, 9.17) is 0 Å². The number of nitrogens with one attached hydrogen (secondary N) is 2. The first-order valence-corrected chi connectivity index (χ1v) is 14.3. The highest BCUT2D eigenvalue weighted by Crippen LogP contribution is 2.64. The highest BCUT2D eigenvalue weighted by Gasteiger charge is 2.61. The largest absolute Gasteiger partial charge is 0.353 e. The maximum atomic E-state index is 13.7. The van der Waals surface area contributed by atoms with Crippen molar-refractivity contribution >= 4 is 11.7 Å². The number of Topliss-reactive ketones (excluding diaryl/α,β-unsaturated/α-hetero) is 1. The topological polar surface area (TPSA) is 58.2 Å². The third kappa shape index (κ3) is 4.10. The number of hydrogen-bond acceptors (Lipinski definition) is 3. The van der Waals surface area contributed by atoms with Crippen molar-refractivity contribution in [1.82, 2.24) is 10.6 Å². The second-order valence-corrected chi connectivity index (χ2v) is 13.4. The molecule has 0 radical (unpaired) electrons. The molecule has 5 rings (SSSR count). The van der Waals surface area contributed by atoms with E-state index >= 15 is 0 Å². The van der Waals surface area contributed by atoms with Crippen LogP contribution in [0.2, 0.25) is 0 Å². The molecule has 0 bridgehead atoms. The zero-order valence-electron chi connectivity index (χ0n) is 21.6. The zero-order chi connectivity index (χ0) is 23.4. The lowest BCUT2D eigenvalue weighted by molar-refractivity contribution is -0.139. The van der Waals surface area contributed by atoms with E-state index < -0.39 is 0 Å². The van der Waals surface area contributed by atoms with Crippen LogP contribution < -0.4 is 10.6 Å². The van der Waals surface area contributed by atoms with E-state index in [9.17, 15) is 9.59 Å². The lowest BCUT2D eigenvalue weighted by atomic mass is 9.48. The Morgan fingerprint density at radius 2 is 1.85 bits per heavy atom. The third-order valence-corrected chi connectivity index (χ3v) is 11.5. The van der Waals surface area contributed by atoms with Crippen LogP contribution in [0.1, 0.15) is 105 Å². The van der Waals surface area contributed by atoms with E-state index in [1.165, 1.54) is 44.9 Å². The number of rotatable bonds is 4. The minimum Gasteiger partial charge on any atom is -0.353 e. The zero-order valence-corrected chi connectivity index (χ0v) is 21.6. The molecule has 0 aromatic heterocycles. The Morgan fingerprint density at radius 3 is 2.64 bits per heavy atom. The van der Waals surface area contributed by atoms with E-state index in [1.807, 2.05) is 0 Å². The van der Waals surface area contributed by atoms with Crippen molar-refractivity contribution in [2.45, 2.75) is 117 Å². The Hall–Kier alpha value is -0.900. The second-order valence-electron chi connectivity index (χ2n) is 13.4. The van der Waals surface area contributed by atoms with Gasteiger partial charge in [0.15, 0.2) is 0 Å². The summed E-state index contributed by atoms with van der Waals surface area (Å²) >= 11 is 0. The van der Waals surface area contributed by atoms with Crippen LogP contribution in [0, 0.1) is 46.3 Å². The van der Waals surface area contributed by atoms with Crippen molar-refractivity contribution in [3.05, 3.63) is 0 Å². The maximum Gasteiger partial charge on any atom is 0.223 e. The fourth-order valence-corrected chi connectivity index (χ4v) is 9.80. The van der Waals surface area contributed by atoms with Crippen molar-refractivity contribution in [2.24, 2.45) is 46.3 Å². The van der Waals surface area contributed by atoms with Gasteiger partial charge in [-0.2, -0.15) is 0 Å². The molecule has 1 aliphatic heterocycles. The van der Waals surface area contributed by atoms with Gasteiger partial charge in [-0.15, -0.1) is 0 Å². The van der Waals surface area contributed by atoms with Crippen LogP contribution >= 0.6 is 0 Å². The molecule has 4 saturated carbocycles. The van der Waals surface area contributed by atoms with E-state index in [1.54, 1.807) is 0 Å². The molecule has 1 saturated heterocycles. The van der Waals surface area contributed by atoms with E-state index in [0.29, 0.717) is 41.5 Å². The second kappa shape index (κ2) is 8.95. The Bertz CT molecular complexity index is 767. The highest BCUT2D eigenvalue weighted by molar-refractivity contribution is 5.81. The van der Waals surface area contributed by atoms with Crippen LogP contribution in [0.15, 0.2) is 0 Å². The van der Waals surface area contributed by atoms with Gasteiger partial charge in [-0.05, 0) is 98.3 Å². The molecule has 0 spiro atoms. The van der Waals surface area contributed by atoms with Crippen molar-refractivity contribution in [3.63, 3.8) is 0 Å². The van der Waals surface area contributed by atoms with Crippen LogP contribution in [0.4, 0.5) is 0 Å². The SMILES string of the molecule is CCCC1CC(C)CC(NC(=O)C2CCC3C4CNC5CC(=O)CC[C@]5(C)C4CC[C@]23C)C1. The molecule has 1 amide bonds. The molecule has 1 heterocycles. The average molecular weight is 457 g/mol. The van der Waals surface area contributed by atoms with Crippen molar-refractivity contribution in [3.8, 4) is 0 Å². The fraction of sp³-hybridized carbons (Fsp3) is 0.931. The molecule has 4 aliphatic carbocycles. The van der Waals surface area contributed by atoms with Gasteiger partial charge in [0.05, 0.1) is 0 Å². The molecule has 8 unspecified atom stereocenters. The summed E-state index contributed by atoms with van der Waals surface area (Å²) in [7, 11) is 0. The monoisotopic (exact) mass is 456 g/mol. The first-order valence-electron chi connectivity index (χ1n) is 14.3. The van der Waals surface area contributed by atoms with Crippen molar-refractivity contribution < 1.29 is 9.59 Å². The first kappa shape index (κ1) is 23.8. The van der Waals surface area contributed by atoms with Gasteiger partial charge in [-0.1, -0.05) is 40.5 Å². The molecule has 2 N–H and O–H groups in total. The number of hydrogen-bond donors (Lipinski definition) is 2. The summed E-state index contributed by atoms with van der Waals surface area (Å²) in [6.45, 7) is 10.6. The summed E-state index contributed by atoms with van der Waals surface area (Å²) in [4.78, 5) is 25.8. The molecule has 0 aromatic rings. The lowest BCUT2D eigenvalue weighted by Crippen LogP contribution is -2.63. The number of ketones is 1. The normalized spacial score (nSPS) is 49.6. The molecule has 186 valence electrons. The predicted molar refractivity (Wildman–Crippen MR) is 133 cm³/mol. The summed E-state index contributed by atoms with van der Waals surface area (Å²) in [5.74, 6) is 4.54. The Morgan fingerprint density at radius 1 is 1.06 bits per heavy atom. The van der Waals surface area contributed by atoms with E-state index in [-0.39, 0.29) is 16.7 Å². The van der Waals surface area contributed by atoms with E-state index in [0.717, 1.165) is 50.5 Å². The summed E-state index contributed by atoms with van der Waals surface area (Å²) < 4.78 is 0. The van der Waals surface area contributed by atoms with Crippen LogP contribution in [0.5, 0.6) is 0 Å². The molecule has 0 aromatic carbocycles. The molecular weight excluding hydrogens is 408 g/mol. The van der Waals surface area contributed by atoms with Gasteiger partial charge in [0.2, 0.25) is 5.91 Å². The predicted octanol–water partition coefficient (Wildman–Crippen LogP) is 5.50. The van der Waals surface area contributed by atoms with Gasteiger partial charge in [-0.25, -0.2) is 0 Å². The molecule has 4 nitrogen and oxygen atoms in total. The van der Waals surface area contributed by atoms with Crippen LogP contribution in [-0.2, 0) is 9.59 Å². The summed E-state index contributed by atoms with van der Waals surface area (Å²) in [5.41, 5.74) is 0.398. The van der Waals surface area contributed by atoms with Gasteiger partial charge in [0, 0.05) is 30.8 Å². The Kier molecular flexibility index (Phi) is 6.46. The maximum absolute atomic E-state index is 13.7. The minimum absolute atomic E-state index is 0.143. The molecule has 5 aliphatic rings. The standard InChI is InChI=1S/C29H48N2O2/c1-5-6-19-13-18(2)14-20(15-19)31-27(33)25-8-7-23-22-17-30-26-16-21(32)9-11-29(26,4)24(22)10-12-28(23,25)3/h18-20,22-26,30H,5-17H2,1-4H3,(H,31,33)/t18?,19?,20?,22?,23?,24?,25?,26?,28-,29+/m0/s1. The summed E-state index contributed by atoms with van der Waals surface area (Å²) in [5, 5.41) is 7.41. The van der Waals surface area contributed by atoms with Gasteiger partial charge in [-0.3, -0.25) is 9.59 Å². The van der Waals surface area contributed by atoms with Gasteiger partial charge in [0.25, 0.3) is 0 Å². The number of carbonyl (C=O) groups excluding carboxylic acids is 2. The van der Waals surface area contributed by atoms with Gasteiger partial charge < -0.3 is 10.6 Å². The number of carbonyl (C=O) groups is 2. The quantitative estimate of drug-likeness (QED) is 0.587. The molecule has 10 atom stereocenters. The Labute approximate surface area is 201 Å². The molecule has 5 fully saturated rings. The summed E-state index contributed by atoms with van der Waals surface area (Å²) in [6, 6.07) is 0.752. The lowest BCUT2D eigenvalue weighted by Gasteiger charge is -2.60. The Balaban J connectivity index is 1.27. The molecule has 4 heteroatoms. The van der Waals surface area contributed by atoms with Crippen molar-refractivity contribution in [1.29, 1.82) is 0 Å². The number of amides is 1. The van der Waals surface area contributed by atoms with Crippen LogP contribution in [0.25, 0.3) is 0 Å². The molecule has 33 heavy (non-hydrogen) atoms. The van der Waals surface area contributed by atoms with Gasteiger partial charge >= 0.3 is 0 Å². The van der Waals surface area contributed by atoms with Gasteiger partial charge in [0.1, 0.15) is 5.78 Å². The first-order chi connectivity index (χ1) is 15.7. The van der Waals surface area contributed by atoms with E-state index in [2.05, 4.69) is 38.3 Å².